The van der Waals surface area contributed by atoms with Crippen LogP contribution in [0.1, 0.15) is 10.5 Å². The van der Waals surface area contributed by atoms with Crippen molar-refractivity contribution in [1.29, 1.82) is 0 Å². The second-order valence-corrected chi connectivity index (χ2v) is 3.02. The number of hydrogen-bond donors (Lipinski definition) is 1. The zero-order valence-electron chi connectivity index (χ0n) is 8.88. The number of methoxy groups -OCH3 is 1. The highest BCUT2D eigenvalue weighted by molar-refractivity contribution is 5.87. The molecule has 0 aromatic carbocycles. The molecule has 16 heavy (non-hydrogen) atoms. The predicted molar refractivity (Wildman–Crippen MR) is 54.3 cm³/mol. The molecule has 1 N–H and O–H groups in total. The van der Waals surface area contributed by atoms with Gasteiger partial charge in [-0.05, 0) is 12.1 Å². The van der Waals surface area contributed by atoms with Crippen LogP contribution in [0.15, 0.2) is 12.1 Å². The lowest BCUT2D eigenvalue weighted by molar-refractivity contribution is -0.135. The van der Waals surface area contributed by atoms with Crippen LogP contribution in [0.4, 0.5) is 5.82 Å². The minimum absolute atomic E-state index is 0.0787. The van der Waals surface area contributed by atoms with Gasteiger partial charge in [0.15, 0.2) is 11.5 Å². The van der Waals surface area contributed by atoms with Gasteiger partial charge in [0, 0.05) is 7.05 Å². The van der Waals surface area contributed by atoms with E-state index in [1.807, 2.05) is 0 Å². The summed E-state index contributed by atoms with van der Waals surface area (Å²) in [4.78, 5) is 22.9. The van der Waals surface area contributed by atoms with E-state index >= 15 is 0 Å². The van der Waals surface area contributed by atoms with Crippen LogP contribution in [0.2, 0.25) is 0 Å². The smallest absolute Gasteiger partial charge is 0.358 e. The first-order valence-corrected chi connectivity index (χ1v) is 4.39. The van der Waals surface area contributed by atoms with Crippen LogP contribution >= 0.6 is 0 Å². The summed E-state index contributed by atoms with van der Waals surface area (Å²) in [6.07, 6.45) is 0. The molecule has 0 saturated carbocycles. The van der Waals surface area contributed by atoms with Gasteiger partial charge in [-0.15, -0.1) is 10.2 Å². The molecule has 0 bridgehead atoms. The number of aliphatic carboxylic acids is 1. The Morgan fingerprint density at radius 2 is 2.12 bits per heavy atom. The van der Waals surface area contributed by atoms with E-state index < -0.39 is 11.9 Å². The van der Waals surface area contributed by atoms with Crippen LogP contribution in [0.3, 0.4) is 0 Å². The van der Waals surface area contributed by atoms with Gasteiger partial charge < -0.3 is 14.7 Å². The number of carboxylic acid groups (broad SMARTS) is 1. The summed E-state index contributed by atoms with van der Waals surface area (Å²) in [6, 6.07) is 2.93. The van der Waals surface area contributed by atoms with Crippen molar-refractivity contribution in [3.63, 3.8) is 0 Å². The number of anilines is 1. The molecule has 0 unspecified atom stereocenters. The number of ether oxygens (including phenoxy) is 1. The molecule has 7 heteroatoms. The molecule has 1 heterocycles. The fourth-order valence-corrected chi connectivity index (χ4v) is 1.03. The van der Waals surface area contributed by atoms with Gasteiger partial charge in [-0.25, -0.2) is 4.79 Å². The molecule has 1 aromatic heterocycles. The number of nitrogens with zero attached hydrogens (tertiary/aromatic N) is 3. The largest absolute Gasteiger partial charge is 0.480 e. The summed E-state index contributed by atoms with van der Waals surface area (Å²) in [5, 5.41) is 15.9. The van der Waals surface area contributed by atoms with Crippen LogP contribution in [0.25, 0.3) is 0 Å². The van der Waals surface area contributed by atoms with Crippen molar-refractivity contribution < 1.29 is 19.4 Å². The van der Waals surface area contributed by atoms with E-state index in [2.05, 4.69) is 14.9 Å². The van der Waals surface area contributed by atoms with Crippen molar-refractivity contribution >= 4 is 17.8 Å². The molecule has 7 nitrogen and oxygen atoms in total. The quantitative estimate of drug-likeness (QED) is 0.708. The molecule has 1 aromatic rings. The molecule has 0 atom stereocenters. The highest BCUT2D eigenvalue weighted by Gasteiger charge is 2.10. The number of carboxylic acids is 1. The monoisotopic (exact) mass is 225 g/mol. The normalized spacial score (nSPS) is 9.62. The van der Waals surface area contributed by atoms with E-state index in [0.29, 0.717) is 5.82 Å². The minimum Gasteiger partial charge on any atom is -0.480 e. The number of likely N-dealkylation sites (N-methyl/N-ethyl adjacent to an activating group) is 1. The third-order valence-corrected chi connectivity index (χ3v) is 1.81. The Balaban J connectivity index is 2.78. The van der Waals surface area contributed by atoms with E-state index in [1.165, 1.54) is 24.1 Å². The second kappa shape index (κ2) is 5.06. The predicted octanol–water partition coefficient (Wildman–Crippen LogP) is -0.216. The van der Waals surface area contributed by atoms with Crippen molar-refractivity contribution in [2.75, 3.05) is 25.6 Å². The van der Waals surface area contributed by atoms with Gasteiger partial charge in [-0.3, -0.25) is 4.79 Å². The van der Waals surface area contributed by atoms with E-state index in [1.54, 1.807) is 7.05 Å². The summed E-state index contributed by atoms with van der Waals surface area (Å²) in [6.45, 7) is -0.188. The van der Waals surface area contributed by atoms with Crippen molar-refractivity contribution in [3.05, 3.63) is 17.8 Å². The Hall–Kier alpha value is -2.18. The highest BCUT2D eigenvalue weighted by Crippen LogP contribution is 2.07. The van der Waals surface area contributed by atoms with Gasteiger partial charge in [0.2, 0.25) is 0 Å². The molecule has 0 spiro atoms. The average molecular weight is 225 g/mol. The topological polar surface area (TPSA) is 92.6 Å². The fourth-order valence-electron chi connectivity index (χ4n) is 1.03. The van der Waals surface area contributed by atoms with Gasteiger partial charge in [0.1, 0.15) is 6.54 Å². The molecule has 0 radical (unpaired) electrons. The van der Waals surface area contributed by atoms with Crippen molar-refractivity contribution in [2.45, 2.75) is 0 Å². The fraction of sp³-hybridized carbons (Fsp3) is 0.333. The van der Waals surface area contributed by atoms with Gasteiger partial charge in [-0.1, -0.05) is 0 Å². The number of carbonyl (C=O) groups is 2. The Morgan fingerprint density at radius 1 is 1.44 bits per heavy atom. The van der Waals surface area contributed by atoms with E-state index in [-0.39, 0.29) is 12.2 Å². The van der Waals surface area contributed by atoms with Crippen LogP contribution in [-0.2, 0) is 9.53 Å². The molecule has 0 aliphatic heterocycles. The maximum Gasteiger partial charge on any atom is 0.358 e. The first kappa shape index (κ1) is 11.9. The zero-order chi connectivity index (χ0) is 12.1. The van der Waals surface area contributed by atoms with E-state index in [0.717, 1.165) is 0 Å². The summed E-state index contributed by atoms with van der Waals surface area (Å²) in [7, 11) is 2.81. The number of aromatic nitrogens is 2. The lowest BCUT2D eigenvalue weighted by Gasteiger charge is -2.14. The first-order valence-electron chi connectivity index (χ1n) is 4.39. The summed E-state index contributed by atoms with van der Waals surface area (Å²) < 4.78 is 4.45. The average Bonchev–Trinajstić information content (AvgIpc) is 2.27. The Labute approximate surface area is 91.7 Å². The van der Waals surface area contributed by atoms with Gasteiger partial charge in [0.25, 0.3) is 0 Å². The van der Waals surface area contributed by atoms with Gasteiger partial charge in [-0.2, -0.15) is 0 Å². The first-order chi connectivity index (χ1) is 7.54. The van der Waals surface area contributed by atoms with Crippen LogP contribution in [0.5, 0.6) is 0 Å². The van der Waals surface area contributed by atoms with E-state index in [4.69, 9.17) is 5.11 Å². The number of hydrogen-bond acceptors (Lipinski definition) is 6. The maximum absolute atomic E-state index is 11.0. The molecule has 0 aliphatic carbocycles. The van der Waals surface area contributed by atoms with Gasteiger partial charge in [0.05, 0.1) is 7.11 Å². The molecule has 1 rings (SSSR count). The van der Waals surface area contributed by atoms with Crippen LogP contribution in [-0.4, -0.2) is 47.9 Å². The molecule has 0 fully saturated rings. The molecule has 0 saturated heterocycles. The molecule has 86 valence electrons. The maximum atomic E-state index is 11.0. The Bertz CT molecular complexity index is 390. The zero-order valence-corrected chi connectivity index (χ0v) is 8.88. The Kier molecular flexibility index (Phi) is 3.76. The lowest BCUT2D eigenvalue weighted by atomic mass is 10.4. The van der Waals surface area contributed by atoms with Crippen LogP contribution < -0.4 is 4.90 Å². The summed E-state index contributed by atoms with van der Waals surface area (Å²) >= 11 is 0. The van der Waals surface area contributed by atoms with Crippen molar-refractivity contribution in [1.82, 2.24) is 10.2 Å². The summed E-state index contributed by atoms with van der Waals surface area (Å²) in [5.41, 5.74) is 0.0787. The lowest BCUT2D eigenvalue weighted by Crippen LogP contribution is -2.26. The standard InChI is InChI=1S/C9H11N3O4/c1-12(5-8(13)14)7-4-3-6(10-11-7)9(15)16-2/h3-4H,5H2,1-2H3,(H,13,14). The molecular weight excluding hydrogens is 214 g/mol. The number of esters is 1. The van der Waals surface area contributed by atoms with Crippen molar-refractivity contribution in [3.8, 4) is 0 Å². The second-order valence-electron chi connectivity index (χ2n) is 3.02. The van der Waals surface area contributed by atoms with Crippen molar-refractivity contribution in [2.24, 2.45) is 0 Å². The molecular formula is C9H11N3O4. The highest BCUT2D eigenvalue weighted by atomic mass is 16.5. The number of carbonyl (C=O) groups excluding carboxylic acids is 1. The number of rotatable bonds is 4. The van der Waals surface area contributed by atoms with E-state index in [9.17, 15) is 9.59 Å². The molecule has 0 amide bonds. The SMILES string of the molecule is COC(=O)c1ccc(N(C)CC(=O)O)nn1. The third kappa shape index (κ3) is 2.91. The van der Waals surface area contributed by atoms with Crippen LogP contribution in [0, 0.1) is 0 Å². The molecule has 0 aliphatic rings. The Morgan fingerprint density at radius 3 is 2.56 bits per heavy atom. The summed E-state index contributed by atoms with van der Waals surface area (Å²) in [5.74, 6) is -1.18. The third-order valence-electron chi connectivity index (χ3n) is 1.81. The van der Waals surface area contributed by atoms with Gasteiger partial charge >= 0.3 is 11.9 Å². The minimum atomic E-state index is -0.971.